The Kier molecular flexibility index (Phi) is 5.65. The number of rotatable bonds is 7. The summed E-state index contributed by atoms with van der Waals surface area (Å²) in [5.74, 6) is -2.12. The number of nitrogens with one attached hydrogen (secondary N) is 2. The number of aliphatic carboxylic acids is 1. The number of carboxylic acids is 1. The van der Waals surface area contributed by atoms with Crippen LogP contribution in [0.3, 0.4) is 0 Å². The number of carboxylic acid groups (broad SMARTS) is 1. The summed E-state index contributed by atoms with van der Waals surface area (Å²) in [7, 11) is 0. The molecule has 0 aliphatic heterocycles. The highest BCUT2D eigenvalue weighted by atomic mass is 16.5. The molecule has 9 heteroatoms. The van der Waals surface area contributed by atoms with Gasteiger partial charge in [0.15, 0.2) is 0 Å². The first kappa shape index (κ1) is 20.1. The summed E-state index contributed by atoms with van der Waals surface area (Å²) in [6.45, 7) is 0.0485. The van der Waals surface area contributed by atoms with E-state index in [9.17, 15) is 14.4 Å². The van der Waals surface area contributed by atoms with E-state index < -0.39 is 30.4 Å². The molecular formula is C22H19N3O6. The molecule has 158 valence electrons. The average Bonchev–Trinajstić information content (AvgIpc) is 3.37. The number of hydrogen-bond donors (Lipinski definition) is 3. The second kappa shape index (κ2) is 8.70. The lowest BCUT2D eigenvalue weighted by Gasteiger charge is -2.18. The number of nitrogens with zero attached hydrogens (tertiary/aromatic N) is 1. The van der Waals surface area contributed by atoms with Crippen LogP contribution in [0.4, 0.5) is 10.5 Å². The highest BCUT2D eigenvalue weighted by Crippen LogP contribution is 2.44. The lowest BCUT2D eigenvalue weighted by atomic mass is 9.98. The predicted molar refractivity (Wildman–Crippen MR) is 109 cm³/mol. The highest BCUT2D eigenvalue weighted by molar-refractivity contribution is 5.98. The summed E-state index contributed by atoms with van der Waals surface area (Å²) in [5.41, 5.74) is 4.51. The van der Waals surface area contributed by atoms with E-state index in [4.69, 9.17) is 9.84 Å². The zero-order chi connectivity index (χ0) is 21.8. The number of carbonyl (C=O) groups excluding carboxylic acids is 2. The van der Waals surface area contributed by atoms with E-state index in [0.717, 1.165) is 22.3 Å². The lowest BCUT2D eigenvalue weighted by molar-refractivity contribution is -0.139. The standard InChI is InChI=1S/C22H19N3O6/c26-20(27)9-19(21(28)24-13-10-23-31-11-13)25-22(29)30-12-18-16-7-3-1-5-14(16)15-6-2-4-8-17(15)18/h1-8,10-11,18-19H,9,12H2,(H,24,28)(H,25,29)(H,26,27). The molecule has 0 saturated heterocycles. The van der Waals surface area contributed by atoms with Crippen LogP contribution in [0, 0.1) is 0 Å². The average molecular weight is 421 g/mol. The maximum atomic E-state index is 12.4. The number of benzene rings is 2. The molecule has 1 heterocycles. The van der Waals surface area contributed by atoms with Crippen LogP contribution in [0.5, 0.6) is 0 Å². The minimum Gasteiger partial charge on any atom is -0.481 e. The Bertz CT molecular complexity index is 1070. The second-order valence-electron chi connectivity index (χ2n) is 7.02. The summed E-state index contributed by atoms with van der Waals surface area (Å²) in [6, 6.07) is 14.4. The molecule has 0 radical (unpaired) electrons. The van der Waals surface area contributed by atoms with Crippen LogP contribution < -0.4 is 10.6 Å². The SMILES string of the molecule is O=C(O)CC(NC(=O)OCC1c2ccccc2-c2ccccc21)C(=O)Nc1cnoc1. The van der Waals surface area contributed by atoms with Gasteiger partial charge in [0.25, 0.3) is 0 Å². The molecule has 2 amide bonds. The van der Waals surface area contributed by atoms with Gasteiger partial charge in [0.1, 0.15) is 24.6 Å². The van der Waals surface area contributed by atoms with E-state index in [1.807, 2.05) is 48.5 Å². The number of hydrogen-bond acceptors (Lipinski definition) is 6. The summed E-state index contributed by atoms with van der Waals surface area (Å²) >= 11 is 0. The van der Waals surface area contributed by atoms with Gasteiger partial charge in [-0.05, 0) is 22.3 Å². The number of ether oxygens (including phenoxy) is 1. The van der Waals surface area contributed by atoms with Gasteiger partial charge >= 0.3 is 12.1 Å². The molecule has 0 fully saturated rings. The lowest BCUT2D eigenvalue weighted by Crippen LogP contribution is -2.45. The third kappa shape index (κ3) is 4.40. The van der Waals surface area contributed by atoms with E-state index in [-0.39, 0.29) is 18.2 Å². The molecule has 0 spiro atoms. The van der Waals surface area contributed by atoms with E-state index in [0.29, 0.717) is 0 Å². The van der Waals surface area contributed by atoms with Crippen molar-refractivity contribution in [2.75, 3.05) is 11.9 Å². The van der Waals surface area contributed by atoms with Gasteiger partial charge < -0.3 is 25.0 Å². The van der Waals surface area contributed by atoms with Gasteiger partial charge in [0.05, 0.1) is 12.6 Å². The van der Waals surface area contributed by atoms with Crippen LogP contribution >= 0.6 is 0 Å². The minimum absolute atomic E-state index is 0.0485. The molecule has 0 saturated carbocycles. The molecule has 31 heavy (non-hydrogen) atoms. The molecule has 9 nitrogen and oxygen atoms in total. The summed E-state index contributed by atoms with van der Waals surface area (Å²) in [6.07, 6.45) is 0.946. The monoisotopic (exact) mass is 421 g/mol. The smallest absolute Gasteiger partial charge is 0.407 e. The van der Waals surface area contributed by atoms with Crippen molar-refractivity contribution in [1.29, 1.82) is 0 Å². The fourth-order valence-electron chi connectivity index (χ4n) is 3.66. The topological polar surface area (TPSA) is 131 Å². The van der Waals surface area contributed by atoms with Crippen LogP contribution in [0.2, 0.25) is 0 Å². The van der Waals surface area contributed by atoms with Crippen LogP contribution in [-0.4, -0.2) is 40.9 Å². The van der Waals surface area contributed by atoms with Gasteiger partial charge in [-0.25, -0.2) is 4.79 Å². The van der Waals surface area contributed by atoms with E-state index in [2.05, 4.69) is 20.3 Å². The maximum Gasteiger partial charge on any atom is 0.407 e. The summed E-state index contributed by atoms with van der Waals surface area (Å²) < 4.78 is 10.0. The third-order valence-corrected chi connectivity index (χ3v) is 5.03. The fourth-order valence-corrected chi connectivity index (χ4v) is 3.66. The van der Waals surface area contributed by atoms with Crippen LogP contribution in [0.1, 0.15) is 23.5 Å². The molecule has 1 aliphatic carbocycles. The van der Waals surface area contributed by atoms with Gasteiger partial charge in [-0.15, -0.1) is 0 Å². The van der Waals surface area contributed by atoms with Crippen molar-refractivity contribution in [2.45, 2.75) is 18.4 Å². The van der Waals surface area contributed by atoms with Crippen LogP contribution in [0.15, 0.2) is 65.5 Å². The predicted octanol–water partition coefficient (Wildman–Crippen LogP) is 3.00. The first-order chi connectivity index (χ1) is 15.0. The molecule has 1 aromatic heterocycles. The quantitative estimate of drug-likeness (QED) is 0.534. The Balaban J connectivity index is 1.43. The number of fused-ring (bicyclic) bond motifs is 3. The van der Waals surface area contributed by atoms with Crippen molar-refractivity contribution in [1.82, 2.24) is 10.5 Å². The molecule has 2 aromatic carbocycles. The van der Waals surface area contributed by atoms with Gasteiger partial charge in [0, 0.05) is 5.92 Å². The zero-order valence-corrected chi connectivity index (χ0v) is 16.3. The molecule has 3 N–H and O–H groups in total. The minimum atomic E-state index is -1.33. The molecule has 1 atom stereocenters. The molecule has 1 aliphatic rings. The Hall–Kier alpha value is -4.14. The Morgan fingerprint density at radius 3 is 2.29 bits per heavy atom. The fraction of sp³-hybridized carbons (Fsp3) is 0.182. The molecule has 4 rings (SSSR count). The first-order valence-corrected chi connectivity index (χ1v) is 9.56. The van der Waals surface area contributed by atoms with E-state index in [1.165, 1.54) is 12.5 Å². The largest absolute Gasteiger partial charge is 0.481 e. The second-order valence-corrected chi connectivity index (χ2v) is 7.02. The Morgan fingerprint density at radius 2 is 1.71 bits per heavy atom. The van der Waals surface area contributed by atoms with Crippen molar-refractivity contribution in [3.63, 3.8) is 0 Å². The summed E-state index contributed by atoms with van der Waals surface area (Å²) in [5, 5.41) is 17.3. The van der Waals surface area contributed by atoms with Crippen molar-refractivity contribution < 1.29 is 28.8 Å². The normalized spacial score (nSPS) is 13.0. The third-order valence-electron chi connectivity index (χ3n) is 5.03. The van der Waals surface area contributed by atoms with Gasteiger partial charge in [0.2, 0.25) is 5.91 Å². The molecule has 1 unspecified atom stereocenters. The van der Waals surface area contributed by atoms with Crippen LogP contribution in [-0.2, 0) is 14.3 Å². The van der Waals surface area contributed by atoms with Gasteiger partial charge in [-0.1, -0.05) is 53.7 Å². The van der Waals surface area contributed by atoms with Crippen LogP contribution in [0.25, 0.3) is 11.1 Å². The van der Waals surface area contributed by atoms with Gasteiger partial charge in [-0.2, -0.15) is 0 Å². The number of amides is 2. The first-order valence-electron chi connectivity index (χ1n) is 9.56. The number of anilines is 1. The highest BCUT2D eigenvalue weighted by Gasteiger charge is 2.30. The number of alkyl carbamates (subject to hydrolysis) is 1. The van der Waals surface area contributed by atoms with Crippen molar-refractivity contribution in [2.24, 2.45) is 0 Å². The Labute approximate surface area is 177 Å². The number of carbonyl (C=O) groups is 3. The molecule has 0 bridgehead atoms. The van der Waals surface area contributed by atoms with Crippen molar-refractivity contribution in [3.8, 4) is 11.1 Å². The van der Waals surface area contributed by atoms with Crippen molar-refractivity contribution in [3.05, 3.63) is 72.1 Å². The maximum absolute atomic E-state index is 12.4. The van der Waals surface area contributed by atoms with E-state index >= 15 is 0 Å². The van der Waals surface area contributed by atoms with Crippen molar-refractivity contribution >= 4 is 23.7 Å². The van der Waals surface area contributed by atoms with Gasteiger partial charge in [-0.3, -0.25) is 9.59 Å². The Morgan fingerprint density at radius 1 is 1.06 bits per heavy atom. The number of aromatic nitrogens is 1. The molecule has 3 aromatic rings. The summed E-state index contributed by atoms with van der Waals surface area (Å²) in [4.78, 5) is 35.9. The molecular weight excluding hydrogens is 402 g/mol. The zero-order valence-electron chi connectivity index (χ0n) is 16.3. The van der Waals surface area contributed by atoms with E-state index in [1.54, 1.807) is 0 Å².